The lowest BCUT2D eigenvalue weighted by atomic mass is 10.0. The molecule has 0 radical (unpaired) electrons. The van der Waals surface area contributed by atoms with E-state index in [1.165, 1.54) is 0 Å². The third-order valence-electron chi connectivity index (χ3n) is 5.66. The summed E-state index contributed by atoms with van der Waals surface area (Å²) in [5.41, 5.74) is 4.97. The predicted molar refractivity (Wildman–Crippen MR) is 119 cm³/mol. The number of nitrogens with zero attached hydrogens (tertiary/aromatic N) is 3. The molecule has 3 aromatic rings. The number of guanidine groups is 1. The number of carbonyl (C=O) groups excluding carboxylic acids is 1. The van der Waals surface area contributed by atoms with Gasteiger partial charge in [0.15, 0.2) is 11.7 Å². The summed E-state index contributed by atoms with van der Waals surface area (Å²) >= 11 is 0. The minimum Gasteiger partial charge on any atom is -0.378 e. The first-order chi connectivity index (χ1) is 15.2. The molecule has 8 heteroatoms. The number of aromatic nitrogens is 2. The molecule has 0 unspecified atom stereocenters. The van der Waals surface area contributed by atoms with Crippen molar-refractivity contribution >= 4 is 23.1 Å². The number of ether oxygens (including phenoxy) is 1. The van der Waals surface area contributed by atoms with Crippen molar-refractivity contribution in [3.8, 4) is 11.3 Å². The summed E-state index contributed by atoms with van der Waals surface area (Å²) in [6, 6.07) is 13.7. The van der Waals surface area contributed by atoms with Gasteiger partial charge in [0.05, 0.1) is 43.2 Å². The quantitative estimate of drug-likeness (QED) is 0.448. The number of ketones is 1. The molecule has 1 saturated heterocycles. The van der Waals surface area contributed by atoms with E-state index in [0.29, 0.717) is 44.4 Å². The van der Waals surface area contributed by atoms with Gasteiger partial charge in [-0.3, -0.25) is 15.2 Å². The lowest BCUT2D eigenvalue weighted by molar-refractivity contribution is 0.0603. The molecule has 2 aliphatic rings. The van der Waals surface area contributed by atoms with Crippen LogP contribution in [0, 0.1) is 5.41 Å². The molecule has 2 aliphatic heterocycles. The number of hydrogen-bond donors (Lipinski definition) is 3. The van der Waals surface area contributed by atoms with E-state index < -0.39 is 0 Å². The van der Waals surface area contributed by atoms with Crippen LogP contribution in [-0.2, 0) is 11.3 Å². The second-order valence-corrected chi connectivity index (χ2v) is 7.66. The maximum absolute atomic E-state index is 13.3. The van der Waals surface area contributed by atoms with Crippen molar-refractivity contribution in [2.45, 2.75) is 6.54 Å². The van der Waals surface area contributed by atoms with Crippen molar-refractivity contribution in [1.29, 1.82) is 5.41 Å². The highest BCUT2D eigenvalue weighted by molar-refractivity contribution is 6.09. The molecule has 1 fully saturated rings. The molecule has 2 aromatic heterocycles. The largest absolute Gasteiger partial charge is 0.378 e. The summed E-state index contributed by atoms with van der Waals surface area (Å²) in [7, 11) is 0. The number of morpholine rings is 1. The zero-order chi connectivity index (χ0) is 21.2. The van der Waals surface area contributed by atoms with Gasteiger partial charge in [-0.1, -0.05) is 18.2 Å². The number of carbonyl (C=O) groups is 1. The molecule has 1 aromatic carbocycles. The predicted octanol–water partition coefficient (Wildman–Crippen LogP) is 3.09. The fraction of sp³-hybridized carbons (Fsp3) is 0.261. The van der Waals surface area contributed by atoms with Crippen molar-refractivity contribution in [3.05, 3.63) is 66.1 Å². The Labute approximate surface area is 180 Å². The molecule has 8 nitrogen and oxygen atoms in total. The van der Waals surface area contributed by atoms with E-state index in [1.54, 1.807) is 12.4 Å². The first-order valence-corrected chi connectivity index (χ1v) is 10.4. The van der Waals surface area contributed by atoms with Crippen LogP contribution in [0.2, 0.25) is 0 Å². The Hall–Kier alpha value is -3.65. The van der Waals surface area contributed by atoms with Crippen LogP contribution in [0.5, 0.6) is 0 Å². The van der Waals surface area contributed by atoms with Crippen LogP contribution in [0.15, 0.2) is 54.9 Å². The molecule has 31 heavy (non-hydrogen) atoms. The first-order valence-electron chi connectivity index (χ1n) is 10.4. The monoisotopic (exact) mass is 416 g/mol. The van der Waals surface area contributed by atoms with E-state index in [2.05, 4.69) is 15.3 Å². The third-order valence-corrected chi connectivity index (χ3v) is 5.66. The highest BCUT2D eigenvalue weighted by Crippen LogP contribution is 2.37. The first kappa shape index (κ1) is 19.3. The van der Waals surface area contributed by atoms with E-state index in [-0.39, 0.29) is 12.3 Å². The van der Waals surface area contributed by atoms with Gasteiger partial charge in [-0.15, -0.1) is 0 Å². The number of Topliss-reactive ketones (excluding diaryl/α,β-unsaturated/α-hetero) is 1. The van der Waals surface area contributed by atoms with Crippen LogP contribution in [0.1, 0.15) is 16.1 Å². The van der Waals surface area contributed by atoms with Crippen LogP contribution < -0.4 is 5.32 Å². The molecule has 158 valence electrons. The summed E-state index contributed by atoms with van der Waals surface area (Å²) in [6.07, 6.45) is 3.48. The van der Waals surface area contributed by atoms with Gasteiger partial charge < -0.3 is 24.8 Å². The lowest BCUT2D eigenvalue weighted by Gasteiger charge is -2.36. The topological polar surface area (TPSA) is 97.3 Å². The Bertz CT molecular complexity index is 1090. The number of aromatic amines is 1. The second-order valence-electron chi connectivity index (χ2n) is 7.66. The van der Waals surface area contributed by atoms with Gasteiger partial charge in [0.1, 0.15) is 0 Å². The lowest BCUT2D eigenvalue weighted by Crippen LogP contribution is -2.51. The van der Waals surface area contributed by atoms with Crippen LogP contribution in [0.25, 0.3) is 11.3 Å². The smallest absolute Gasteiger partial charge is 0.194 e. The number of hydrogen-bond acceptors (Lipinski definition) is 5. The van der Waals surface area contributed by atoms with Crippen LogP contribution >= 0.6 is 0 Å². The van der Waals surface area contributed by atoms with Gasteiger partial charge in [0.2, 0.25) is 0 Å². The molecular formula is C23H24N6O2. The standard InChI is InChI=1S/C23H24N6O2/c24-23(28-10-12-31-13-11-28)29-14-18-20(19(30)15-29)22(26-17-4-2-1-3-5-17)21(27-18)16-6-8-25-9-7-16/h1-9,24,26-27H,10-15H2. The third kappa shape index (κ3) is 3.77. The van der Waals surface area contributed by atoms with Crippen molar-refractivity contribution in [3.63, 3.8) is 0 Å². The number of nitrogens with one attached hydrogen (secondary N) is 3. The number of fused-ring (bicyclic) bond motifs is 1. The number of para-hydroxylation sites is 1. The maximum Gasteiger partial charge on any atom is 0.194 e. The van der Waals surface area contributed by atoms with Gasteiger partial charge in [-0.05, 0) is 24.3 Å². The highest BCUT2D eigenvalue weighted by Gasteiger charge is 2.33. The number of pyridine rings is 1. The minimum atomic E-state index is -0.00533. The fourth-order valence-electron chi connectivity index (χ4n) is 4.13. The number of anilines is 2. The van der Waals surface area contributed by atoms with Gasteiger partial charge in [0, 0.05) is 42.4 Å². The molecule has 0 bridgehead atoms. The molecule has 0 atom stereocenters. The molecule has 0 saturated carbocycles. The van der Waals surface area contributed by atoms with Gasteiger partial charge in [0.25, 0.3) is 0 Å². The second kappa shape index (κ2) is 8.23. The average molecular weight is 416 g/mol. The maximum atomic E-state index is 13.3. The Balaban J connectivity index is 1.52. The Morgan fingerprint density at radius 2 is 1.77 bits per heavy atom. The Kier molecular flexibility index (Phi) is 5.13. The van der Waals surface area contributed by atoms with Crippen LogP contribution in [-0.4, -0.2) is 64.4 Å². The molecule has 3 N–H and O–H groups in total. The van der Waals surface area contributed by atoms with Crippen molar-refractivity contribution < 1.29 is 9.53 Å². The Morgan fingerprint density at radius 3 is 2.52 bits per heavy atom. The number of rotatable bonds is 3. The van der Waals surface area contributed by atoms with Crippen molar-refractivity contribution in [2.24, 2.45) is 0 Å². The fourth-order valence-corrected chi connectivity index (χ4v) is 4.13. The van der Waals surface area contributed by atoms with E-state index in [1.807, 2.05) is 52.3 Å². The molecule has 0 amide bonds. The van der Waals surface area contributed by atoms with Gasteiger partial charge in [-0.25, -0.2) is 0 Å². The molecular weight excluding hydrogens is 392 g/mol. The van der Waals surface area contributed by atoms with E-state index >= 15 is 0 Å². The zero-order valence-electron chi connectivity index (χ0n) is 17.1. The molecule has 0 spiro atoms. The molecule has 4 heterocycles. The van der Waals surface area contributed by atoms with E-state index in [0.717, 1.165) is 28.3 Å². The normalized spacial score (nSPS) is 16.2. The summed E-state index contributed by atoms with van der Waals surface area (Å²) in [5, 5.41) is 12.1. The van der Waals surface area contributed by atoms with Crippen LogP contribution in [0.3, 0.4) is 0 Å². The zero-order valence-corrected chi connectivity index (χ0v) is 17.1. The number of benzene rings is 1. The summed E-state index contributed by atoms with van der Waals surface area (Å²) in [4.78, 5) is 24.7. The van der Waals surface area contributed by atoms with Crippen LogP contribution in [0.4, 0.5) is 11.4 Å². The minimum absolute atomic E-state index is 0.00533. The summed E-state index contributed by atoms with van der Waals surface area (Å²) in [5.74, 6) is 0.370. The van der Waals surface area contributed by atoms with Crippen molar-refractivity contribution in [1.82, 2.24) is 19.8 Å². The van der Waals surface area contributed by atoms with E-state index in [9.17, 15) is 4.79 Å². The SMILES string of the molecule is N=C(N1CCOCC1)N1CC(=O)c2c([nH]c(-c3ccncc3)c2Nc2ccccc2)C1. The summed E-state index contributed by atoms with van der Waals surface area (Å²) in [6.45, 7) is 3.21. The Morgan fingerprint density at radius 1 is 1.03 bits per heavy atom. The molecule has 5 rings (SSSR count). The van der Waals surface area contributed by atoms with Gasteiger partial charge >= 0.3 is 0 Å². The number of H-pyrrole nitrogens is 1. The molecule has 0 aliphatic carbocycles. The average Bonchev–Trinajstić information content (AvgIpc) is 3.19. The van der Waals surface area contributed by atoms with Crippen molar-refractivity contribution in [2.75, 3.05) is 38.2 Å². The highest BCUT2D eigenvalue weighted by atomic mass is 16.5. The van der Waals surface area contributed by atoms with Gasteiger partial charge in [-0.2, -0.15) is 0 Å². The summed E-state index contributed by atoms with van der Waals surface area (Å²) < 4.78 is 5.40. The van der Waals surface area contributed by atoms with E-state index in [4.69, 9.17) is 10.1 Å².